The summed E-state index contributed by atoms with van der Waals surface area (Å²) < 4.78 is 0. The van der Waals surface area contributed by atoms with Crippen LogP contribution in [0.1, 0.15) is 34.5 Å². The van der Waals surface area contributed by atoms with Gasteiger partial charge in [-0.1, -0.05) is 60.7 Å². The molecule has 1 atom stereocenters. The molecular weight excluding hydrogens is 382 g/mol. The first-order chi connectivity index (χ1) is 14.5. The summed E-state index contributed by atoms with van der Waals surface area (Å²) in [5.74, 6) is -0.770. The van der Waals surface area contributed by atoms with Crippen molar-refractivity contribution in [1.82, 2.24) is 5.32 Å². The fraction of sp³-hybridized carbons (Fsp3) is 0.130. The Labute approximate surface area is 173 Å². The first-order valence-electron chi connectivity index (χ1n) is 9.42. The molecule has 30 heavy (non-hydrogen) atoms. The molecule has 7 nitrogen and oxygen atoms in total. The molecule has 3 aromatic carbocycles. The van der Waals surface area contributed by atoms with Gasteiger partial charge in [0.1, 0.15) is 0 Å². The number of nitrogens with one attached hydrogen (secondary N) is 2. The van der Waals surface area contributed by atoms with Crippen LogP contribution in [0, 0.1) is 10.1 Å². The largest absolute Gasteiger partial charge is 0.345 e. The Balaban J connectivity index is 1.73. The van der Waals surface area contributed by atoms with E-state index in [0.29, 0.717) is 16.8 Å². The minimum absolute atomic E-state index is 0.115. The zero-order valence-electron chi connectivity index (χ0n) is 16.4. The van der Waals surface area contributed by atoms with Gasteiger partial charge >= 0.3 is 0 Å². The molecule has 2 N–H and O–H groups in total. The molecule has 152 valence electrons. The van der Waals surface area contributed by atoms with Crippen molar-refractivity contribution >= 4 is 23.2 Å². The Hall–Kier alpha value is -4.00. The maximum atomic E-state index is 12.8. The second kappa shape index (κ2) is 9.47. The first-order valence-corrected chi connectivity index (χ1v) is 9.42. The number of nitro benzene ring substituents is 1. The van der Waals surface area contributed by atoms with Crippen LogP contribution in [0.3, 0.4) is 0 Å². The van der Waals surface area contributed by atoms with Crippen LogP contribution in [0.5, 0.6) is 0 Å². The van der Waals surface area contributed by atoms with Crippen LogP contribution in [0.2, 0.25) is 0 Å². The molecule has 0 aliphatic heterocycles. The average molecular weight is 403 g/mol. The lowest BCUT2D eigenvalue weighted by molar-refractivity contribution is -0.385. The zero-order valence-corrected chi connectivity index (χ0v) is 16.4. The summed E-state index contributed by atoms with van der Waals surface area (Å²) in [5, 5.41) is 16.8. The lowest BCUT2D eigenvalue weighted by Gasteiger charge is -2.16. The molecule has 0 unspecified atom stereocenters. The molecule has 3 aromatic rings. The van der Waals surface area contributed by atoms with Crippen LogP contribution in [-0.2, 0) is 11.2 Å². The molecule has 0 saturated carbocycles. The maximum Gasteiger partial charge on any atom is 0.273 e. The van der Waals surface area contributed by atoms with Gasteiger partial charge in [0.05, 0.1) is 28.6 Å². The number of carbonyl (C=O) groups is 2. The van der Waals surface area contributed by atoms with Gasteiger partial charge in [0.25, 0.3) is 11.6 Å². The number of nitrogens with zero attached hydrogens (tertiary/aromatic N) is 1. The van der Waals surface area contributed by atoms with Gasteiger partial charge in [-0.15, -0.1) is 0 Å². The second-order valence-electron chi connectivity index (χ2n) is 6.76. The Kier molecular flexibility index (Phi) is 6.54. The highest BCUT2D eigenvalue weighted by molar-refractivity contribution is 6.04. The van der Waals surface area contributed by atoms with E-state index in [0.717, 1.165) is 5.56 Å². The molecule has 2 amide bonds. The monoisotopic (exact) mass is 403 g/mol. The van der Waals surface area contributed by atoms with Crippen molar-refractivity contribution in [2.24, 2.45) is 0 Å². The molecule has 0 radical (unpaired) electrons. The number of para-hydroxylation sites is 2. The van der Waals surface area contributed by atoms with E-state index >= 15 is 0 Å². The predicted molar refractivity (Wildman–Crippen MR) is 114 cm³/mol. The Morgan fingerprint density at radius 1 is 0.933 bits per heavy atom. The number of carbonyl (C=O) groups excluding carboxylic acids is 2. The summed E-state index contributed by atoms with van der Waals surface area (Å²) in [6.07, 6.45) is -0.173. The van der Waals surface area contributed by atoms with Crippen molar-refractivity contribution in [2.45, 2.75) is 19.4 Å². The standard InChI is InChI=1S/C23H21N3O4/c1-16(17-9-3-2-4-10-17)24-23(28)19-12-6-7-13-20(19)25-22(27)15-18-11-5-8-14-21(18)26(29)30/h2-14,16H,15H2,1H3,(H,24,28)(H,25,27)/t16-/m0/s1. The van der Waals surface area contributed by atoms with Crippen LogP contribution in [0.15, 0.2) is 78.9 Å². The summed E-state index contributed by atoms with van der Waals surface area (Å²) in [7, 11) is 0. The van der Waals surface area contributed by atoms with E-state index in [1.807, 2.05) is 37.3 Å². The van der Waals surface area contributed by atoms with E-state index in [2.05, 4.69) is 10.6 Å². The number of amides is 2. The van der Waals surface area contributed by atoms with E-state index in [4.69, 9.17) is 0 Å². The van der Waals surface area contributed by atoms with Crippen molar-refractivity contribution in [3.63, 3.8) is 0 Å². The van der Waals surface area contributed by atoms with Crippen molar-refractivity contribution in [3.8, 4) is 0 Å². The van der Waals surface area contributed by atoms with Crippen molar-refractivity contribution in [2.75, 3.05) is 5.32 Å². The highest BCUT2D eigenvalue weighted by Crippen LogP contribution is 2.21. The molecule has 0 heterocycles. The minimum Gasteiger partial charge on any atom is -0.345 e. The third-order valence-electron chi connectivity index (χ3n) is 4.63. The number of hydrogen-bond acceptors (Lipinski definition) is 4. The number of anilines is 1. The molecule has 3 rings (SSSR count). The lowest BCUT2D eigenvalue weighted by Crippen LogP contribution is -2.28. The van der Waals surface area contributed by atoms with E-state index in [9.17, 15) is 19.7 Å². The third-order valence-corrected chi connectivity index (χ3v) is 4.63. The van der Waals surface area contributed by atoms with Crippen LogP contribution in [0.25, 0.3) is 0 Å². The SMILES string of the molecule is C[C@H](NC(=O)c1ccccc1NC(=O)Cc1ccccc1[N+](=O)[O-])c1ccccc1. The molecule has 0 aliphatic rings. The molecular formula is C23H21N3O4. The van der Waals surface area contributed by atoms with Gasteiger partial charge in [0, 0.05) is 11.6 Å². The van der Waals surface area contributed by atoms with Crippen LogP contribution in [0.4, 0.5) is 11.4 Å². The van der Waals surface area contributed by atoms with Crippen LogP contribution >= 0.6 is 0 Å². The van der Waals surface area contributed by atoms with Gasteiger partial charge < -0.3 is 10.6 Å². The minimum atomic E-state index is -0.519. The molecule has 0 spiro atoms. The van der Waals surface area contributed by atoms with Gasteiger partial charge in [-0.3, -0.25) is 19.7 Å². The zero-order chi connectivity index (χ0) is 21.5. The van der Waals surface area contributed by atoms with Crippen LogP contribution < -0.4 is 10.6 Å². The molecule has 0 fully saturated rings. The van der Waals surface area contributed by atoms with Gasteiger partial charge in [0.15, 0.2) is 0 Å². The first kappa shape index (κ1) is 20.7. The highest BCUT2D eigenvalue weighted by atomic mass is 16.6. The average Bonchev–Trinajstić information content (AvgIpc) is 2.74. The van der Waals surface area contributed by atoms with E-state index in [1.54, 1.807) is 36.4 Å². The topological polar surface area (TPSA) is 101 Å². The highest BCUT2D eigenvalue weighted by Gasteiger charge is 2.18. The number of nitro groups is 1. The lowest BCUT2D eigenvalue weighted by atomic mass is 10.1. The fourth-order valence-electron chi connectivity index (χ4n) is 3.10. The van der Waals surface area contributed by atoms with Crippen LogP contribution in [-0.4, -0.2) is 16.7 Å². The molecule has 7 heteroatoms. The normalized spacial score (nSPS) is 11.4. The maximum absolute atomic E-state index is 12.8. The predicted octanol–water partition coefficient (Wildman–Crippen LogP) is 4.27. The van der Waals surface area contributed by atoms with Gasteiger partial charge in [-0.2, -0.15) is 0 Å². The van der Waals surface area contributed by atoms with Gasteiger partial charge in [0.2, 0.25) is 5.91 Å². The molecule has 0 aliphatic carbocycles. The Bertz CT molecular complexity index is 1070. The third kappa shape index (κ3) is 5.08. The summed E-state index contributed by atoms with van der Waals surface area (Å²) in [6.45, 7) is 1.88. The Morgan fingerprint density at radius 2 is 1.57 bits per heavy atom. The van der Waals surface area contributed by atoms with E-state index in [-0.39, 0.29) is 24.1 Å². The summed E-state index contributed by atoms with van der Waals surface area (Å²) in [5.41, 5.74) is 1.81. The summed E-state index contributed by atoms with van der Waals surface area (Å²) in [4.78, 5) is 35.9. The Morgan fingerprint density at radius 3 is 2.30 bits per heavy atom. The van der Waals surface area contributed by atoms with E-state index < -0.39 is 10.8 Å². The van der Waals surface area contributed by atoms with Gasteiger partial charge in [-0.25, -0.2) is 0 Å². The number of hydrogen-bond donors (Lipinski definition) is 2. The molecule has 0 aromatic heterocycles. The molecule has 0 bridgehead atoms. The van der Waals surface area contributed by atoms with Crippen molar-refractivity contribution in [3.05, 3.63) is 106 Å². The second-order valence-corrected chi connectivity index (χ2v) is 6.76. The summed E-state index contributed by atoms with van der Waals surface area (Å²) >= 11 is 0. The van der Waals surface area contributed by atoms with E-state index in [1.165, 1.54) is 12.1 Å². The fourth-order valence-corrected chi connectivity index (χ4v) is 3.10. The van der Waals surface area contributed by atoms with Gasteiger partial charge in [-0.05, 0) is 24.6 Å². The number of benzene rings is 3. The smallest absolute Gasteiger partial charge is 0.273 e. The molecule has 0 saturated heterocycles. The van der Waals surface area contributed by atoms with Crippen molar-refractivity contribution in [1.29, 1.82) is 0 Å². The number of rotatable bonds is 7. The van der Waals surface area contributed by atoms with Crippen molar-refractivity contribution < 1.29 is 14.5 Å². The quantitative estimate of drug-likeness (QED) is 0.454. The summed E-state index contributed by atoms with van der Waals surface area (Å²) in [6, 6.07) is 22.1.